The van der Waals surface area contributed by atoms with Crippen LogP contribution in [0, 0.1) is 5.92 Å². The summed E-state index contributed by atoms with van der Waals surface area (Å²) in [6, 6.07) is 0.274. The van der Waals surface area contributed by atoms with E-state index in [4.69, 9.17) is 5.73 Å². The number of carbonyl (C=O) groups excluding carboxylic acids is 1. The summed E-state index contributed by atoms with van der Waals surface area (Å²) < 4.78 is 0. The molecule has 128 valence electrons. The molecule has 0 aliphatic heterocycles. The number of rotatable bonds is 5. The molecule has 7 heteroatoms. The molecule has 0 spiro atoms. The fourth-order valence-electron chi connectivity index (χ4n) is 3.37. The number of fused-ring (bicyclic) bond motifs is 3. The van der Waals surface area contributed by atoms with Crippen molar-refractivity contribution in [1.29, 1.82) is 0 Å². The number of aromatic nitrogens is 2. The van der Waals surface area contributed by atoms with Gasteiger partial charge in [0.15, 0.2) is 5.16 Å². The lowest BCUT2D eigenvalue weighted by Crippen LogP contribution is -2.35. The molecule has 2 aromatic rings. The Labute approximate surface area is 149 Å². The highest BCUT2D eigenvalue weighted by Gasteiger charge is 2.28. The first-order valence-corrected chi connectivity index (χ1v) is 10.4. The van der Waals surface area contributed by atoms with Crippen molar-refractivity contribution in [3.63, 3.8) is 0 Å². The number of nitrogens with one attached hydrogen (secondary N) is 1. The smallest absolute Gasteiger partial charge is 0.230 e. The predicted molar refractivity (Wildman–Crippen MR) is 99.5 cm³/mol. The molecule has 0 unspecified atom stereocenters. The van der Waals surface area contributed by atoms with E-state index in [1.54, 1.807) is 11.3 Å². The van der Waals surface area contributed by atoms with Gasteiger partial charge < -0.3 is 11.1 Å². The standard InChI is InChI=1S/C17H22N4OS2/c1-9(10-6-7-10)19-13(22)8-23-17-20-15(18)14-11-4-2-3-5-12(11)24-16(14)21-17/h9-10H,2-8H2,1H3,(H,19,22)(H2,18,20,21)/t9-/m1/s1. The van der Waals surface area contributed by atoms with E-state index in [9.17, 15) is 4.79 Å². The topological polar surface area (TPSA) is 80.9 Å². The number of amides is 1. The van der Waals surface area contributed by atoms with Gasteiger partial charge in [0.1, 0.15) is 10.6 Å². The molecule has 2 aliphatic rings. The SMILES string of the molecule is C[C@@H](NC(=O)CSc1nc(N)c2c3c(sc2n1)CCCC3)C1CC1. The van der Waals surface area contributed by atoms with E-state index >= 15 is 0 Å². The largest absolute Gasteiger partial charge is 0.383 e. The van der Waals surface area contributed by atoms with Gasteiger partial charge in [-0.1, -0.05) is 11.8 Å². The van der Waals surface area contributed by atoms with Crippen molar-refractivity contribution >= 4 is 45.0 Å². The van der Waals surface area contributed by atoms with Crippen molar-refractivity contribution < 1.29 is 4.79 Å². The second-order valence-electron chi connectivity index (χ2n) is 6.76. The summed E-state index contributed by atoms with van der Waals surface area (Å²) in [7, 11) is 0. The molecule has 0 saturated heterocycles. The van der Waals surface area contributed by atoms with Gasteiger partial charge in [-0.15, -0.1) is 11.3 Å². The van der Waals surface area contributed by atoms with E-state index < -0.39 is 0 Å². The maximum absolute atomic E-state index is 12.1. The lowest BCUT2D eigenvalue weighted by atomic mass is 9.97. The summed E-state index contributed by atoms with van der Waals surface area (Å²) in [6.07, 6.45) is 7.13. The molecule has 1 atom stereocenters. The zero-order valence-electron chi connectivity index (χ0n) is 13.8. The van der Waals surface area contributed by atoms with Gasteiger partial charge in [-0.05, 0) is 56.9 Å². The monoisotopic (exact) mass is 362 g/mol. The van der Waals surface area contributed by atoms with E-state index in [2.05, 4.69) is 22.2 Å². The Bertz CT molecular complexity index is 784. The number of thioether (sulfide) groups is 1. The van der Waals surface area contributed by atoms with Gasteiger partial charge in [0.25, 0.3) is 0 Å². The van der Waals surface area contributed by atoms with E-state index in [0.717, 1.165) is 23.1 Å². The van der Waals surface area contributed by atoms with Crippen LogP contribution in [0.5, 0.6) is 0 Å². The first-order valence-electron chi connectivity index (χ1n) is 8.61. The minimum Gasteiger partial charge on any atom is -0.383 e. The lowest BCUT2D eigenvalue weighted by molar-refractivity contribution is -0.119. The summed E-state index contributed by atoms with van der Waals surface area (Å²) in [5, 5.41) is 4.71. The first kappa shape index (κ1) is 16.1. The lowest BCUT2D eigenvalue weighted by Gasteiger charge is -2.12. The summed E-state index contributed by atoms with van der Waals surface area (Å²) in [5.41, 5.74) is 7.56. The minimum atomic E-state index is 0.0483. The third-order valence-corrected chi connectivity index (χ3v) is 6.91. The van der Waals surface area contributed by atoms with E-state index in [1.165, 1.54) is 47.9 Å². The number of nitrogen functional groups attached to an aromatic ring is 1. The third kappa shape index (κ3) is 3.24. The number of anilines is 1. The van der Waals surface area contributed by atoms with Gasteiger partial charge in [0.05, 0.1) is 11.1 Å². The van der Waals surface area contributed by atoms with Crippen LogP contribution in [0.15, 0.2) is 5.16 Å². The van der Waals surface area contributed by atoms with Crippen LogP contribution < -0.4 is 11.1 Å². The van der Waals surface area contributed by atoms with Crippen LogP contribution in [-0.2, 0) is 17.6 Å². The van der Waals surface area contributed by atoms with Gasteiger partial charge in [0, 0.05) is 10.9 Å². The maximum Gasteiger partial charge on any atom is 0.230 e. The summed E-state index contributed by atoms with van der Waals surface area (Å²) in [5.74, 6) is 1.62. The van der Waals surface area contributed by atoms with E-state index in [-0.39, 0.29) is 11.9 Å². The van der Waals surface area contributed by atoms with Crippen molar-refractivity contribution in [1.82, 2.24) is 15.3 Å². The van der Waals surface area contributed by atoms with Crippen LogP contribution in [0.3, 0.4) is 0 Å². The van der Waals surface area contributed by atoms with Gasteiger partial charge in [0.2, 0.25) is 5.91 Å². The third-order valence-electron chi connectivity index (χ3n) is 4.87. The maximum atomic E-state index is 12.1. The van der Waals surface area contributed by atoms with Crippen LogP contribution in [0.25, 0.3) is 10.2 Å². The normalized spacial score (nSPS) is 18.4. The molecule has 0 bridgehead atoms. The molecule has 0 aromatic carbocycles. The molecule has 24 heavy (non-hydrogen) atoms. The van der Waals surface area contributed by atoms with Crippen LogP contribution >= 0.6 is 23.1 Å². The van der Waals surface area contributed by atoms with Gasteiger partial charge in [-0.25, -0.2) is 9.97 Å². The number of hydrogen-bond donors (Lipinski definition) is 2. The molecule has 1 fully saturated rings. The molecule has 4 rings (SSSR count). The Hall–Kier alpha value is -1.34. The minimum absolute atomic E-state index is 0.0483. The number of aryl methyl sites for hydroxylation is 2. The molecule has 2 aliphatic carbocycles. The van der Waals surface area contributed by atoms with Crippen molar-refractivity contribution in [2.75, 3.05) is 11.5 Å². The van der Waals surface area contributed by atoms with E-state index in [1.807, 2.05) is 0 Å². The summed E-state index contributed by atoms with van der Waals surface area (Å²) in [6.45, 7) is 2.08. The highest BCUT2D eigenvalue weighted by molar-refractivity contribution is 7.99. The van der Waals surface area contributed by atoms with Gasteiger partial charge >= 0.3 is 0 Å². The van der Waals surface area contributed by atoms with Gasteiger partial charge in [-0.2, -0.15) is 0 Å². The zero-order chi connectivity index (χ0) is 16.7. The fourth-order valence-corrected chi connectivity index (χ4v) is 5.36. The highest BCUT2D eigenvalue weighted by atomic mass is 32.2. The summed E-state index contributed by atoms with van der Waals surface area (Å²) >= 11 is 3.11. The zero-order valence-corrected chi connectivity index (χ0v) is 15.4. The van der Waals surface area contributed by atoms with Crippen molar-refractivity contribution in [2.45, 2.75) is 56.6 Å². The fraction of sp³-hybridized carbons (Fsp3) is 0.588. The Kier molecular flexibility index (Phi) is 4.39. The molecular formula is C17H22N4OS2. The molecule has 1 amide bonds. The van der Waals surface area contributed by atoms with Crippen LogP contribution in [0.1, 0.15) is 43.0 Å². The molecule has 1 saturated carbocycles. The molecule has 2 heterocycles. The quantitative estimate of drug-likeness (QED) is 0.631. The Balaban J connectivity index is 1.47. The Morgan fingerprint density at radius 2 is 2.17 bits per heavy atom. The average molecular weight is 363 g/mol. The number of nitrogens with zero attached hydrogens (tertiary/aromatic N) is 2. The van der Waals surface area contributed by atoms with Crippen molar-refractivity contribution in [2.24, 2.45) is 5.92 Å². The molecule has 5 nitrogen and oxygen atoms in total. The highest BCUT2D eigenvalue weighted by Crippen LogP contribution is 2.38. The van der Waals surface area contributed by atoms with Crippen molar-refractivity contribution in [3.05, 3.63) is 10.4 Å². The second kappa shape index (κ2) is 6.52. The van der Waals surface area contributed by atoms with Crippen molar-refractivity contribution in [3.8, 4) is 0 Å². The Morgan fingerprint density at radius 1 is 1.38 bits per heavy atom. The van der Waals surface area contributed by atoms with Crippen LogP contribution in [0.2, 0.25) is 0 Å². The first-order chi connectivity index (χ1) is 11.6. The molecule has 0 radical (unpaired) electrons. The predicted octanol–water partition coefficient (Wildman–Crippen LogP) is 3.16. The van der Waals surface area contributed by atoms with E-state index in [0.29, 0.717) is 22.6 Å². The van der Waals surface area contributed by atoms with Crippen LogP contribution in [0.4, 0.5) is 5.82 Å². The average Bonchev–Trinajstić information content (AvgIpc) is 3.33. The number of nitrogens with two attached hydrogens (primary N) is 1. The number of thiophene rings is 1. The number of hydrogen-bond acceptors (Lipinski definition) is 6. The molecular weight excluding hydrogens is 340 g/mol. The number of carbonyl (C=O) groups is 1. The molecule has 3 N–H and O–H groups in total. The molecule has 2 aromatic heterocycles. The second-order valence-corrected chi connectivity index (χ2v) is 8.79. The summed E-state index contributed by atoms with van der Waals surface area (Å²) in [4.78, 5) is 23.5. The van der Waals surface area contributed by atoms with Crippen LogP contribution in [-0.4, -0.2) is 27.7 Å². The Morgan fingerprint density at radius 3 is 2.96 bits per heavy atom. The van der Waals surface area contributed by atoms with Gasteiger partial charge in [-0.3, -0.25) is 4.79 Å².